The number of carbonyl (C=O) groups is 1. The van der Waals surface area contributed by atoms with Gasteiger partial charge in [0.15, 0.2) is 5.78 Å². The molecule has 0 saturated carbocycles. The largest absolute Gasteiger partial charge is 0.291 e. The van der Waals surface area contributed by atoms with Crippen molar-refractivity contribution in [1.29, 1.82) is 0 Å². The minimum atomic E-state index is -3.73. The van der Waals surface area contributed by atoms with Crippen LogP contribution in [0.2, 0.25) is 0 Å². The number of rotatable bonds is 4. The van der Waals surface area contributed by atoms with Gasteiger partial charge in [-0.25, -0.2) is 12.4 Å². The van der Waals surface area contributed by atoms with Crippen LogP contribution in [0, 0.1) is 0 Å². The molecule has 1 unspecified atom stereocenters. The third kappa shape index (κ3) is 2.64. The summed E-state index contributed by atoms with van der Waals surface area (Å²) in [7, 11) is -3.73. The average molecular weight is 342 g/mol. The monoisotopic (exact) mass is 341 g/mol. The van der Waals surface area contributed by atoms with Gasteiger partial charge in [-0.3, -0.25) is 4.79 Å². The predicted molar refractivity (Wildman–Crippen MR) is 76.2 cm³/mol. The van der Waals surface area contributed by atoms with Crippen molar-refractivity contribution in [2.45, 2.75) is 16.6 Å². The number of alkyl halides is 1. The van der Waals surface area contributed by atoms with Crippen molar-refractivity contribution in [1.82, 2.24) is 3.97 Å². The lowest BCUT2D eigenvalue weighted by Crippen LogP contribution is -2.21. The van der Waals surface area contributed by atoms with E-state index in [1.165, 1.54) is 24.4 Å². The van der Waals surface area contributed by atoms with Crippen LogP contribution in [0.25, 0.3) is 0 Å². The first-order chi connectivity index (χ1) is 8.94. The van der Waals surface area contributed by atoms with Crippen molar-refractivity contribution in [3.63, 3.8) is 0 Å². The molecule has 1 heterocycles. The molecule has 2 aromatic rings. The number of halogens is 1. The Morgan fingerprint density at radius 2 is 1.79 bits per heavy atom. The Labute approximate surface area is 120 Å². The first-order valence-electron chi connectivity index (χ1n) is 5.61. The van der Waals surface area contributed by atoms with Gasteiger partial charge in [0, 0.05) is 6.20 Å². The van der Waals surface area contributed by atoms with Gasteiger partial charge >= 0.3 is 0 Å². The van der Waals surface area contributed by atoms with Gasteiger partial charge in [-0.1, -0.05) is 34.1 Å². The zero-order valence-electron chi connectivity index (χ0n) is 10.2. The van der Waals surface area contributed by atoms with E-state index in [2.05, 4.69) is 15.9 Å². The molecule has 1 atom stereocenters. The highest BCUT2D eigenvalue weighted by atomic mass is 79.9. The summed E-state index contributed by atoms with van der Waals surface area (Å²) in [4.78, 5) is 11.7. The van der Waals surface area contributed by atoms with Gasteiger partial charge in [0.25, 0.3) is 10.0 Å². The number of hydrogen-bond acceptors (Lipinski definition) is 3. The molecule has 4 nitrogen and oxygen atoms in total. The van der Waals surface area contributed by atoms with Crippen molar-refractivity contribution in [3.05, 3.63) is 54.4 Å². The average Bonchev–Trinajstić information content (AvgIpc) is 2.88. The molecule has 0 aliphatic rings. The van der Waals surface area contributed by atoms with Crippen LogP contribution in [0.3, 0.4) is 0 Å². The normalized spacial score (nSPS) is 13.2. The highest BCUT2D eigenvalue weighted by Crippen LogP contribution is 2.18. The molecule has 0 aliphatic carbocycles. The zero-order chi connectivity index (χ0) is 14.0. The van der Waals surface area contributed by atoms with Crippen molar-refractivity contribution in [2.24, 2.45) is 0 Å². The molecule has 1 aromatic carbocycles. The minimum Gasteiger partial charge on any atom is -0.291 e. The first-order valence-corrected chi connectivity index (χ1v) is 7.96. The van der Waals surface area contributed by atoms with E-state index in [0.717, 1.165) is 3.97 Å². The predicted octanol–water partition coefficient (Wildman–Crippen LogP) is 2.69. The lowest BCUT2D eigenvalue weighted by Gasteiger charge is -2.10. The maximum Gasteiger partial charge on any atom is 0.268 e. The Kier molecular flexibility index (Phi) is 3.91. The fraction of sp³-hybridized carbons (Fsp3) is 0.154. The molecule has 19 heavy (non-hydrogen) atoms. The molecule has 1 aromatic heterocycles. The van der Waals surface area contributed by atoms with E-state index in [-0.39, 0.29) is 16.4 Å². The quantitative estimate of drug-likeness (QED) is 0.634. The van der Waals surface area contributed by atoms with Gasteiger partial charge in [-0.15, -0.1) is 0 Å². The van der Waals surface area contributed by atoms with E-state index in [1.54, 1.807) is 31.2 Å². The summed E-state index contributed by atoms with van der Waals surface area (Å²) in [6, 6.07) is 11.1. The van der Waals surface area contributed by atoms with Crippen molar-refractivity contribution >= 4 is 31.7 Å². The van der Waals surface area contributed by atoms with Crippen LogP contribution in [0.5, 0.6) is 0 Å². The van der Waals surface area contributed by atoms with Crippen molar-refractivity contribution in [3.8, 4) is 0 Å². The van der Waals surface area contributed by atoms with Crippen LogP contribution in [0.15, 0.2) is 53.6 Å². The summed E-state index contributed by atoms with van der Waals surface area (Å²) >= 11 is 3.16. The number of Topliss-reactive ketones (excluding diaryl/α,β-unsaturated/α-hetero) is 1. The molecule has 0 saturated heterocycles. The highest BCUT2D eigenvalue weighted by molar-refractivity contribution is 9.10. The third-order valence-electron chi connectivity index (χ3n) is 2.63. The minimum absolute atomic E-state index is 0.147. The number of aromatic nitrogens is 1. The summed E-state index contributed by atoms with van der Waals surface area (Å²) < 4.78 is 25.9. The summed E-state index contributed by atoms with van der Waals surface area (Å²) in [5, 5.41) is 0. The molecule has 0 aliphatic heterocycles. The molecule has 0 N–H and O–H groups in total. The molecule has 2 rings (SSSR count). The van der Waals surface area contributed by atoms with Crippen molar-refractivity contribution in [2.75, 3.05) is 0 Å². The molecule has 0 fully saturated rings. The number of benzene rings is 1. The fourth-order valence-corrected chi connectivity index (χ4v) is 3.28. The molecular weight excluding hydrogens is 330 g/mol. The third-order valence-corrected chi connectivity index (χ3v) is 4.75. The van der Waals surface area contributed by atoms with Crippen LogP contribution < -0.4 is 0 Å². The van der Waals surface area contributed by atoms with Gasteiger partial charge in [-0.2, -0.15) is 0 Å². The highest BCUT2D eigenvalue weighted by Gasteiger charge is 2.24. The van der Waals surface area contributed by atoms with Crippen LogP contribution in [0.1, 0.15) is 17.4 Å². The number of carbonyl (C=O) groups excluding carboxylic acids is 1. The van der Waals surface area contributed by atoms with Gasteiger partial charge in [0.05, 0.1) is 9.72 Å². The number of ketones is 1. The van der Waals surface area contributed by atoms with E-state index in [0.29, 0.717) is 0 Å². The summed E-state index contributed by atoms with van der Waals surface area (Å²) in [5.74, 6) is -0.274. The lowest BCUT2D eigenvalue weighted by atomic mass is 10.2. The SMILES string of the molecule is CC(Br)C(=O)c1cccn1S(=O)(=O)c1ccccc1. The Bertz CT molecular complexity index is 690. The standard InChI is InChI=1S/C13H12BrNO3S/c1-10(14)13(16)12-8-5-9-15(12)19(17,18)11-6-3-2-4-7-11/h2-10H,1H3. The van der Waals surface area contributed by atoms with E-state index in [9.17, 15) is 13.2 Å². The van der Waals surface area contributed by atoms with E-state index in [4.69, 9.17) is 0 Å². The maximum absolute atomic E-state index is 12.4. The van der Waals surface area contributed by atoms with E-state index < -0.39 is 14.9 Å². The molecule has 0 radical (unpaired) electrons. The van der Waals surface area contributed by atoms with Gasteiger partial charge in [0.1, 0.15) is 5.69 Å². The summed E-state index contributed by atoms with van der Waals surface area (Å²) in [6.07, 6.45) is 1.38. The van der Waals surface area contributed by atoms with Crippen LogP contribution >= 0.6 is 15.9 Å². The topological polar surface area (TPSA) is 56.1 Å². The Balaban J connectivity index is 2.55. The van der Waals surface area contributed by atoms with Crippen molar-refractivity contribution < 1.29 is 13.2 Å². The Morgan fingerprint density at radius 3 is 2.37 bits per heavy atom. The van der Waals surface area contributed by atoms with Gasteiger partial charge in [-0.05, 0) is 31.2 Å². The van der Waals surface area contributed by atoms with Crippen LogP contribution in [0.4, 0.5) is 0 Å². The fourth-order valence-electron chi connectivity index (χ4n) is 1.68. The molecule has 6 heteroatoms. The van der Waals surface area contributed by atoms with E-state index >= 15 is 0 Å². The molecule has 0 bridgehead atoms. The second kappa shape index (κ2) is 5.30. The smallest absolute Gasteiger partial charge is 0.268 e. The number of nitrogens with zero attached hydrogens (tertiary/aromatic N) is 1. The van der Waals surface area contributed by atoms with Crippen LogP contribution in [-0.4, -0.2) is 23.0 Å². The molecule has 100 valence electrons. The second-order valence-corrected chi connectivity index (χ2v) is 7.18. The lowest BCUT2D eigenvalue weighted by molar-refractivity contribution is 0.0990. The second-order valence-electron chi connectivity index (χ2n) is 3.99. The molecular formula is C13H12BrNO3S. The first kappa shape index (κ1) is 14.0. The Hall–Kier alpha value is -1.40. The number of hydrogen-bond donors (Lipinski definition) is 0. The molecule has 0 spiro atoms. The molecule has 0 amide bonds. The summed E-state index contributed by atoms with van der Waals surface area (Å²) in [6.45, 7) is 1.66. The van der Waals surface area contributed by atoms with Gasteiger partial charge < -0.3 is 0 Å². The Morgan fingerprint density at radius 1 is 1.16 bits per heavy atom. The maximum atomic E-state index is 12.4. The van der Waals surface area contributed by atoms with Gasteiger partial charge in [0.2, 0.25) is 0 Å². The zero-order valence-corrected chi connectivity index (χ0v) is 12.6. The summed E-state index contributed by atoms with van der Waals surface area (Å²) in [5.41, 5.74) is 0.147. The van der Waals surface area contributed by atoms with E-state index in [1.807, 2.05) is 0 Å². The van der Waals surface area contributed by atoms with Crippen LogP contribution in [-0.2, 0) is 10.0 Å².